The normalized spacial score (nSPS) is 13.3. The van der Waals surface area contributed by atoms with Crippen LogP contribution in [0.5, 0.6) is 0 Å². The Balaban J connectivity index is 3.29. The van der Waals surface area contributed by atoms with Crippen LogP contribution < -0.4 is 11.3 Å². The third-order valence-corrected chi connectivity index (χ3v) is 3.43. The fraction of sp³-hybridized carbons (Fsp3) is 0.533. The van der Waals surface area contributed by atoms with Crippen LogP contribution in [-0.2, 0) is 10.2 Å². The first kappa shape index (κ1) is 14.7. The molecule has 1 atom stereocenters. The first-order chi connectivity index (χ1) is 8.18. The molecule has 0 aliphatic heterocycles. The summed E-state index contributed by atoms with van der Waals surface area (Å²) in [7, 11) is 0. The summed E-state index contributed by atoms with van der Waals surface area (Å²) in [5.41, 5.74) is 7.01. The summed E-state index contributed by atoms with van der Waals surface area (Å²) in [5.74, 6) is 4.84. The number of rotatable bonds is 2. The lowest BCUT2D eigenvalue weighted by atomic mass is 9.81. The summed E-state index contributed by atoms with van der Waals surface area (Å²) in [6.45, 7) is 12.6. The molecule has 0 saturated heterocycles. The molecule has 3 nitrogen and oxygen atoms in total. The summed E-state index contributed by atoms with van der Waals surface area (Å²) < 4.78 is 0. The number of benzene rings is 1. The Labute approximate surface area is 110 Å². The summed E-state index contributed by atoms with van der Waals surface area (Å²) in [6.07, 6.45) is 0. The van der Waals surface area contributed by atoms with Crippen LogP contribution in [0.3, 0.4) is 0 Å². The van der Waals surface area contributed by atoms with E-state index in [-0.39, 0.29) is 17.2 Å². The molecule has 1 aromatic rings. The molecule has 0 saturated carbocycles. The fourth-order valence-corrected chi connectivity index (χ4v) is 2.35. The zero-order chi connectivity index (χ0) is 14.1. The summed E-state index contributed by atoms with van der Waals surface area (Å²) in [6, 6.07) is 4.34. The van der Waals surface area contributed by atoms with Crippen molar-refractivity contribution in [3.8, 4) is 0 Å². The maximum absolute atomic E-state index is 11.7. The molecule has 3 heteroatoms. The second-order valence-electron chi connectivity index (χ2n) is 6.00. The fourth-order valence-electron chi connectivity index (χ4n) is 2.35. The number of hydrazine groups is 1. The highest BCUT2D eigenvalue weighted by Gasteiger charge is 2.21. The second kappa shape index (κ2) is 5.11. The molecule has 1 aromatic carbocycles. The van der Waals surface area contributed by atoms with Gasteiger partial charge in [-0.2, -0.15) is 0 Å². The first-order valence-corrected chi connectivity index (χ1v) is 6.30. The van der Waals surface area contributed by atoms with E-state index in [1.54, 1.807) is 0 Å². The van der Waals surface area contributed by atoms with E-state index in [0.717, 1.165) is 16.7 Å². The predicted molar refractivity (Wildman–Crippen MR) is 75.4 cm³/mol. The van der Waals surface area contributed by atoms with Crippen LogP contribution in [-0.4, -0.2) is 5.91 Å². The van der Waals surface area contributed by atoms with E-state index >= 15 is 0 Å². The molecule has 0 aliphatic rings. The smallest absolute Gasteiger partial charge is 0.241 e. The number of amides is 1. The number of hydrogen-bond acceptors (Lipinski definition) is 2. The van der Waals surface area contributed by atoms with Crippen molar-refractivity contribution in [2.45, 2.75) is 52.9 Å². The standard InChI is InChI=1S/C15H24N2O/c1-9-7-12(15(4,5)6)8-10(2)13(9)11(3)14(18)17-16/h7-8,11H,16H2,1-6H3,(H,17,18). The minimum absolute atomic E-state index is 0.118. The van der Waals surface area contributed by atoms with Crippen LogP contribution in [0.4, 0.5) is 0 Å². The van der Waals surface area contributed by atoms with Gasteiger partial charge in [0.25, 0.3) is 0 Å². The van der Waals surface area contributed by atoms with Crippen LogP contribution in [0.25, 0.3) is 0 Å². The Hall–Kier alpha value is -1.35. The highest BCUT2D eigenvalue weighted by molar-refractivity contribution is 5.83. The van der Waals surface area contributed by atoms with Gasteiger partial charge in [-0.3, -0.25) is 10.2 Å². The lowest BCUT2D eigenvalue weighted by Crippen LogP contribution is -2.34. The van der Waals surface area contributed by atoms with E-state index in [2.05, 4.69) is 52.2 Å². The maximum Gasteiger partial charge on any atom is 0.241 e. The molecular formula is C15H24N2O. The summed E-state index contributed by atoms with van der Waals surface area (Å²) in [5, 5.41) is 0. The van der Waals surface area contributed by atoms with Crippen molar-refractivity contribution in [1.29, 1.82) is 0 Å². The maximum atomic E-state index is 11.7. The van der Waals surface area contributed by atoms with Crippen molar-refractivity contribution in [2.75, 3.05) is 0 Å². The van der Waals surface area contributed by atoms with Crippen molar-refractivity contribution in [2.24, 2.45) is 5.84 Å². The van der Waals surface area contributed by atoms with Gasteiger partial charge >= 0.3 is 0 Å². The van der Waals surface area contributed by atoms with E-state index in [1.807, 2.05) is 6.92 Å². The molecular weight excluding hydrogens is 224 g/mol. The third kappa shape index (κ3) is 2.91. The summed E-state index contributed by atoms with van der Waals surface area (Å²) in [4.78, 5) is 11.7. The zero-order valence-corrected chi connectivity index (χ0v) is 12.2. The second-order valence-corrected chi connectivity index (χ2v) is 6.00. The topological polar surface area (TPSA) is 55.1 Å². The molecule has 3 N–H and O–H groups in total. The number of nitrogens with one attached hydrogen (secondary N) is 1. The molecule has 0 heterocycles. The van der Waals surface area contributed by atoms with Crippen molar-refractivity contribution in [1.82, 2.24) is 5.43 Å². The van der Waals surface area contributed by atoms with Gasteiger partial charge in [-0.1, -0.05) is 32.9 Å². The van der Waals surface area contributed by atoms with E-state index in [9.17, 15) is 4.79 Å². The van der Waals surface area contributed by atoms with E-state index in [4.69, 9.17) is 5.84 Å². The van der Waals surface area contributed by atoms with Crippen molar-refractivity contribution >= 4 is 5.91 Å². The van der Waals surface area contributed by atoms with Crippen LogP contribution in [0.15, 0.2) is 12.1 Å². The molecule has 0 radical (unpaired) electrons. The third-order valence-electron chi connectivity index (χ3n) is 3.43. The molecule has 1 rings (SSSR count). The highest BCUT2D eigenvalue weighted by Crippen LogP contribution is 2.30. The van der Waals surface area contributed by atoms with Crippen LogP contribution >= 0.6 is 0 Å². The SMILES string of the molecule is Cc1cc(C(C)(C)C)cc(C)c1C(C)C(=O)NN. The molecule has 0 aromatic heterocycles. The van der Waals surface area contributed by atoms with Crippen molar-refractivity contribution in [3.63, 3.8) is 0 Å². The Morgan fingerprint density at radius 1 is 1.22 bits per heavy atom. The van der Waals surface area contributed by atoms with E-state index in [1.165, 1.54) is 5.56 Å². The van der Waals surface area contributed by atoms with Gasteiger partial charge in [0.15, 0.2) is 0 Å². The Morgan fingerprint density at radius 2 is 1.67 bits per heavy atom. The Bertz CT molecular complexity index is 435. The number of hydrogen-bond donors (Lipinski definition) is 2. The quantitative estimate of drug-likeness (QED) is 0.480. The molecule has 100 valence electrons. The van der Waals surface area contributed by atoms with Gasteiger partial charge in [-0.05, 0) is 48.4 Å². The van der Waals surface area contributed by atoms with Gasteiger partial charge in [-0.15, -0.1) is 0 Å². The lowest BCUT2D eigenvalue weighted by Gasteiger charge is -2.24. The molecule has 1 amide bonds. The van der Waals surface area contributed by atoms with Crippen molar-refractivity contribution in [3.05, 3.63) is 34.4 Å². The highest BCUT2D eigenvalue weighted by atomic mass is 16.2. The van der Waals surface area contributed by atoms with Gasteiger partial charge in [0, 0.05) is 0 Å². The predicted octanol–water partition coefficient (Wildman–Crippen LogP) is 2.69. The number of aryl methyl sites for hydroxylation is 2. The number of carbonyl (C=O) groups is 1. The molecule has 0 aliphatic carbocycles. The van der Waals surface area contributed by atoms with Gasteiger partial charge < -0.3 is 0 Å². The van der Waals surface area contributed by atoms with E-state index in [0.29, 0.717) is 0 Å². The Morgan fingerprint density at radius 3 is 2.00 bits per heavy atom. The van der Waals surface area contributed by atoms with Crippen LogP contribution in [0.2, 0.25) is 0 Å². The molecule has 0 fully saturated rings. The minimum atomic E-state index is -0.219. The zero-order valence-electron chi connectivity index (χ0n) is 12.2. The largest absolute Gasteiger partial charge is 0.294 e. The van der Waals surface area contributed by atoms with Gasteiger partial charge in [0.1, 0.15) is 0 Å². The molecule has 0 bridgehead atoms. The molecule has 0 spiro atoms. The first-order valence-electron chi connectivity index (χ1n) is 6.30. The van der Waals surface area contributed by atoms with Crippen LogP contribution in [0, 0.1) is 13.8 Å². The minimum Gasteiger partial charge on any atom is -0.294 e. The van der Waals surface area contributed by atoms with Crippen LogP contribution in [0.1, 0.15) is 55.9 Å². The van der Waals surface area contributed by atoms with Crippen molar-refractivity contribution < 1.29 is 4.79 Å². The van der Waals surface area contributed by atoms with E-state index < -0.39 is 0 Å². The molecule has 18 heavy (non-hydrogen) atoms. The average Bonchev–Trinajstić information content (AvgIpc) is 2.25. The molecule has 1 unspecified atom stereocenters. The lowest BCUT2D eigenvalue weighted by molar-refractivity contribution is -0.122. The number of carbonyl (C=O) groups excluding carboxylic acids is 1. The monoisotopic (exact) mass is 248 g/mol. The van der Waals surface area contributed by atoms with Gasteiger partial charge in [0.05, 0.1) is 5.92 Å². The average molecular weight is 248 g/mol. The van der Waals surface area contributed by atoms with Gasteiger partial charge in [-0.25, -0.2) is 5.84 Å². The van der Waals surface area contributed by atoms with Gasteiger partial charge in [0.2, 0.25) is 5.91 Å². The Kier molecular flexibility index (Phi) is 4.17. The summed E-state index contributed by atoms with van der Waals surface area (Å²) >= 11 is 0. The number of nitrogens with two attached hydrogens (primary N) is 1.